The lowest BCUT2D eigenvalue weighted by Gasteiger charge is -2.19. The quantitative estimate of drug-likeness (QED) is 0.393. The van der Waals surface area contributed by atoms with Crippen molar-refractivity contribution in [2.45, 2.75) is 46.1 Å². The Morgan fingerprint density at radius 2 is 2.00 bits per heavy atom. The first-order valence-corrected chi connectivity index (χ1v) is 8.72. The highest BCUT2D eigenvalue weighted by molar-refractivity contribution is 6.31. The van der Waals surface area contributed by atoms with Crippen LogP contribution >= 0.6 is 11.6 Å². The summed E-state index contributed by atoms with van der Waals surface area (Å²) in [7, 11) is 0. The van der Waals surface area contributed by atoms with Crippen LogP contribution in [0.25, 0.3) is 0 Å². The van der Waals surface area contributed by atoms with Gasteiger partial charge in [0.15, 0.2) is 22.5 Å². The SMILES string of the molecule is C/C(=C\C(=O)NC(C)(C)C)OC(=O)c1nc(Cl)c(NCC2CC2)nc1N. The molecule has 0 atom stereocenters. The molecular weight excluding hydrogens is 358 g/mol. The molecule has 0 aromatic carbocycles. The zero-order valence-corrected chi connectivity index (χ0v) is 16.1. The van der Waals surface area contributed by atoms with Crippen LogP contribution in [-0.2, 0) is 9.53 Å². The minimum absolute atomic E-state index is 0.0407. The van der Waals surface area contributed by atoms with Gasteiger partial charge in [-0.2, -0.15) is 0 Å². The van der Waals surface area contributed by atoms with Crippen LogP contribution in [0.1, 0.15) is 51.0 Å². The number of halogens is 1. The van der Waals surface area contributed by atoms with Gasteiger partial charge in [-0.15, -0.1) is 0 Å². The van der Waals surface area contributed by atoms with Crippen LogP contribution in [0, 0.1) is 5.92 Å². The Labute approximate surface area is 157 Å². The third kappa shape index (κ3) is 6.18. The number of carbonyl (C=O) groups is 2. The number of anilines is 2. The van der Waals surface area contributed by atoms with Crippen LogP contribution in [-0.4, -0.2) is 33.9 Å². The number of nitrogen functional groups attached to an aromatic ring is 1. The number of amides is 1. The maximum atomic E-state index is 12.2. The molecule has 0 spiro atoms. The van der Waals surface area contributed by atoms with Crippen LogP contribution < -0.4 is 16.4 Å². The van der Waals surface area contributed by atoms with Gasteiger partial charge < -0.3 is 21.1 Å². The fourth-order valence-electron chi connectivity index (χ4n) is 2.07. The van der Waals surface area contributed by atoms with Crippen LogP contribution in [0.15, 0.2) is 11.8 Å². The number of carbonyl (C=O) groups excluding carboxylic acids is 2. The van der Waals surface area contributed by atoms with Crippen LogP contribution in [0.4, 0.5) is 11.6 Å². The average Bonchev–Trinajstić information content (AvgIpc) is 3.29. The maximum Gasteiger partial charge on any atom is 0.365 e. The first kappa shape index (κ1) is 20.0. The molecule has 26 heavy (non-hydrogen) atoms. The highest BCUT2D eigenvalue weighted by Crippen LogP contribution is 2.30. The number of nitrogens with one attached hydrogen (secondary N) is 2. The number of nitrogens with zero attached hydrogens (tertiary/aromatic N) is 2. The molecule has 0 saturated heterocycles. The Bertz CT molecular complexity index is 739. The second kappa shape index (κ2) is 7.90. The van der Waals surface area contributed by atoms with Crippen molar-refractivity contribution in [2.75, 3.05) is 17.6 Å². The van der Waals surface area contributed by atoms with Gasteiger partial charge in [0.25, 0.3) is 0 Å². The van der Waals surface area contributed by atoms with Gasteiger partial charge in [-0.3, -0.25) is 4.79 Å². The molecule has 142 valence electrons. The fraction of sp³-hybridized carbons (Fsp3) is 0.529. The molecule has 1 aromatic rings. The minimum atomic E-state index is -0.831. The van der Waals surface area contributed by atoms with Crippen molar-refractivity contribution in [3.63, 3.8) is 0 Å². The van der Waals surface area contributed by atoms with E-state index in [4.69, 9.17) is 22.1 Å². The molecule has 9 heteroatoms. The number of allylic oxidation sites excluding steroid dienone is 1. The van der Waals surface area contributed by atoms with Gasteiger partial charge >= 0.3 is 5.97 Å². The summed E-state index contributed by atoms with van der Waals surface area (Å²) in [6.07, 6.45) is 3.53. The smallest absolute Gasteiger partial charge is 0.365 e. The molecule has 8 nitrogen and oxygen atoms in total. The van der Waals surface area contributed by atoms with Gasteiger partial charge in [-0.25, -0.2) is 14.8 Å². The van der Waals surface area contributed by atoms with E-state index in [0.29, 0.717) is 11.7 Å². The van der Waals surface area contributed by atoms with Gasteiger partial charge in [0, 0.05) is 18.2 Å². The third-order valence-corrected chi connectivity index (χ3v) is 3.68. The Hall–Kier alpha value is -2.35. The second-order valence-electron chi connectivity index (χ2n) is 7.30. The predicted octanol–water partition coefficient (Wildman–Crippen LogP) is 2.51. The molecule has 0 unspecified atom stereocenters. The molecule has 1 aromatic heterocycles. The Morgan fingerprint density at radius 1 is 1.35 bits per heavy atom. The topological polar surface area (TPSA) is 119 Å². The van der Waals surface area contributed by atoms with Gasteiger partial charge in [0.2, 0.25) is 5.91 Å². The van der Waals surface area contributed by atoms with Crippen LogP contribution in [0.5, 0.6) is 0 Å². The molecule has 0 bridgehead atoms. The third-order valence-electron chi connectivity index (χ3n) is 3.41. The number of esters is 1. The van der Waals surface area contributed by atoms with E-state index in [-0.39, 0.29) is 28.3 Å². The number of aromatic nitrogens is 2. The molecular formula is C17H24ClN5O3. The summed E-state index contributed by atoms with van der Waals surface area (Å²) in [6, 6.07) is 0. The number of ether oxygens (including phenoxy) is 1. The molecule has 1 aliphatic carbocycles. The maximum absolute atomic E-state index is 12.2. The zero-order chi connectivity index (χ0) is 19.5. The van der Waals surface area contributed by atoms with E-state index in [0.717, 1.165) is 6.54 Å². The largest absolute Gasteiger partial charge is 0.426 e. The molecule has 4 N–H and O–H groups in total. The molecule has 1 heterocycles. The number of hydrogen-bond acceptors (Lipinski definition) is 7. The standard InChI is InChI=1S/C17H24ClN5O3/c1-9(7-11(24)23-17(2,3)4)26-16(25)12-14(19)22-15(13(18)21-12)20-8-10-5-6-10/h7,10H,5-6,8H2,1-4H3,(H,23,24)(H3,19,20,22)/b9-7+. The van der Waals surface area contributed by atoms with Crippen molar-refractivity contribution in [1.29, 1.82) is 0 Å². The summed E-state index contributed by atoms with van der Waals surface area (Å²) in [5.74, 6) is -0.243. The highest BCUT2D eigenvalue weighted by atomic mass is 35.5. The van der Waals surface area contributed by atoms with Crippen molar-refractivity contribution in [3.8, 4) is 0 Å². The zero-order valence-electron chi connectivity index (χ0n) is 15.4. The first-order chi connectivity index (χ1) is 12.0. The van der Waals surface area contributed by atoms with E-state index in [1.807, 2.05) is 20.8 Å². The van der Waals surface area contributed by atoms with E-state index < -0.39 is 11.5 Å². The predicted molar refractivity (Wildman–Crippen MR) is 99.7 cm³/mol. The van der Waals surface area contributed by atoms with E-state index in [1.165, 1.54) is 25.8 Å². The normalized spacial score (nSPS) is 14.7. The van der Waals surface area contributed by atoms with Crippen molar-refractivity contribution in [3.05, 3.63) is 22.7 Å². The molecule has 0 radical (unpaired) electrons. The van der Waals surface area contributed by atoms with E-state index in [1.54, 1.807) is 0 Å². The molecule has 0 aliphatic heterocycles. The lowest BCUT2D eigenvalue weighted by atomic mass is 10.1. The Morgan fingerprint density at radius 3 is 2.58 bits per heavy atom. The number of nitrogens with two attached hydrogens (primary N) is 1. The van der Waals surface area contributed by atoms with Gasteiger partial charge in [0.1, 0.15) is 5.76 Å². The summed E-state index contributed by atoms with van der Waals surface area (Å²) in [6.45, 7) is 7.75. The van der Waals surface area contributed by atoms with Crippen LogP contribution in [0.3, 0.4) is 0 Å². The number of hydrogen-bond donors (Lipinski definition) is 3. The van der Waals surface area contributed by atoms with Crippen molar-refractivity contribution >= 4 is 35.1 Å². The van der Waals surface area contributed by atoms with E-state index in [9.17, 15) is 9.59 Å². The molecule has 1 saturated carbocycles. The molecule has 1 fully saturated rings. The summed E-state index contributed by atoms with van der Waals surface area (Å²) in [5, 5.41) is 5.84. The minimum Gasteiger partial charge on any atom is -0.426 e. The first-order valence-electron chi connectivity index (χ1n) is 8.34. The monoisotopic (exact) mass is 381 g/mol. The van der Waals surface area contributed by atoms with Crippen molar-refractivity contribution < 1.29 is 14.3 Å². The highest BCUT2D eigenvalue weighted by Gasteiger charge is 2.23. The van der Waals surface area contributed by atoms with E-state index >= 15 is 0 Å². The molecule has 2 rings (SSSR count). The van der Waals surface area contributed by atoms with Gasteiger partial charge in [0.05, 0.1) is 0 Å². The fourth-order valence-corrected chi connectivity index (χ4v) is 2.26. The Kier molecular flexibility index (Phi) is 6.07. The summed E-state index contributed by atoms with van der Waals surface area (Å²) >= 11 is 6.06. The van der Waals surface area contributed by atoms with Crippen LogP contribution in [0.2, 0.25) is 5.15 Å². The lowest BCUT2D eigenvalue weighted by Crippen LogP contribution is -2.39. The Balaban J connectivity index is 2.03. The van der Waals surface area contributed by atoms with Gasteiger partial charge in [-0.1, -0.05) is 11.6 Å². The average molecular weight is 382 g/mol. The van der Waals surface area contributed by atoms with Crippen molar-refractivity contribution in [1.82, 2.24) is 15.3 Å². The van der Waals surface area contributed by atoms with Gasteiger partial charge in [-0.05, 0) is 46.5 Å². The van der Waals surface area contributed by atoms with Crippen molar-refractivity contribution in [2.24, 2.45) is 5.92 Å². The summed E-state index contributed by atoms with van der Waals surface area (Å²) in [4.78, 5) is 32.1. The van der Waals surface area contributed by atoms with E-state index in [2.05, 4.69) is 20.6 Å². The molecule has 1 aliphatic rings. The number of rotatable bonds is 6. The lowest BCUT2D eigenvalue weighted by molar-refractivity contribution is -0.117. The second-order valence-corrected chi connectivity index (χ2v) is 7.66. The summed E-state index contributed by atoms with van der Waals surface area (Å²) < 4.78 is 5.11. The summed E-state index contributed by atoms with van der Waals surface area (Å²) in [5.41, 5.74) is 5.21. The molecule has 1 amide bonds.